The van der Waals surface area contributed by atoms with E-state index in [1.165, 1.54) is 38.5 Å². The van der Waals surface area contributed by atoms with Crippen LogP contribution in [-0.2, 0) is 42.9 Å². The lowest BCUT2D eigenvalue weighted by atomic mass is 9.98. The van der Waals surface area contributed by atoms with Gasteiger partial charge in [0.1, 0.15) is 18.8 Å². The van der Waals surface area contributed by atoms with Crippen molar-refractivity contribution in [2.24, 2.45) is 0 Å². The maximum absolute atomic E-state index is 13.1. The predicted molar refractivity (Wildman–Crippen MR) is 312 cm³/mol. The molecule has 0 bridgehead atoms. The van der Waals surface area contributed by atoms with Crippen molar-refractivity contribution in [1.29, 1.82) is 0 Å². The van der Waals surface area contributed by atoms with Crippen LogP contribution in [0.2, 0.25) is 0 Å². The molecule has 77 heavy (non-hydrogen) atoms. The van der Waals surface area contributed by atoms with Gasteiger partial charge in [0.2, 0.25) is 0 Å². The number of aliphatic hydroxyl groups is 2. The van der Waals surface area contributed by atoms with Gasteiger partial charge < -0.3 is 39.0 Å². The van der Waals surface area contributed by atoms with Crippen molar-refractivity contribution < 1.29 is 58.2 Å². The minimum absolute atomic E-state index is 0.0274. The molecule has 1 aliphatic rings. The largest absolute Gasteiger partial charge is 0.479 e. The van der Waals surface area contributed by atoms with Gasteiger partial charge in [0.05, 0.1) is 13.0 Å². The molecule has 1 heterocycles. The van der Waals surface area contributed by atoms with Crippen LogP contribution in [-0.4, -0.2) is 89.2 Å². The Hall–Kier alpha value is -5.14. The lowest BCUT2D eigenvalue weighted by Crippen LogP contribution is -2.61. The third kappa shape index (κ3) is 41.6. The van der Waals surface area contributed by atoms with E-state index < -0.39 is 73.9 Å². The SMILES string of the molecule is CC/C=C\C/C=C\C/C=C\C/C=C\C/C=C\CCCC(=O)OCC(COC1OC(C(=O)O)C(O)C(O)C1OC(=O)CCCCCCC/C=C\CCCCCCCC)OC(=O)C/C=C\C/C=C\C/C=C\C/C=C\C/C=C\CC. The van der Waals surface area contributed by atoms with Gasteiger partial charge in [-0.25, -0.2) is 4.79 Å². The molecule has 6 atom stereocenters. The minimum atomic E-state index is -1.93. The van der Waals surface area contributed by atoms with Gasteiger partial charge in [-0.05, 0) is 109 Å². The van der Waals surface area contributed by atoms with Crippen LogP contribution in [0.4, 0.5) is 0 Å². The Morgan fingerprint density at radius 3 is 1.36 bits per heavy atom. The van der Waals surface area contributed by atoms with Crippen molar-refractivity contribution in [2.75, 3.05) is 13.2 Å². The topological polar surface area (TPSA) is 175 Å². The van der Waals surface area contributed by atoms with Crippen LogP contribution in [0.1, 0.15) is 201 Å². The van der Waals surface area contributed by atoms with E-state index in [0.717, 1.165) is 96.3 Å². The average molecular weight is 1070 g/mol. The molecule has 0 aromatic heterocycles. The van der Waals surface area contributed by atoms with Crippen LogP contribution in [0, 0.1) is 0 Å². The number of hydrogen-bond acceptors (Lipinski definition) is 11. The fourth-order valence-electron chi connectivity index (χ4n) is 7.82. The summed E-state index contributed by atoms with van der Waals surface area (Å²) in [6.45, 7) is 5.60. The number of hydrogen-bond donors (Lipinski definition) is 3. The van der Waals surface area contributed by atoms with Crippen LogP contribution in [0.15, 0.2) is 134 Å². The van der Waals surface area contributed by atoms with Crippen molar-refractivity contribution in [3.63, 3.8) is 0 Å². The second kappa shape index (κ2) is 51.6. The molecule has 0 aliphatic carbocycles. The van der Waals surface area contributed by atoms with Gasteiger partial charge in [-0.3, -0.25) is 14.4 Å². The Morgan fingerprint density at radius 2 is 0.870 bits per heavy atom. The maximum Gasteiger partial charge on any atom is 0.335 e. The highest BCUT2D eigenvalue weighted by Crippen LogP contribution is 2.26. The van der Waals surface area contributed by atoms with Crippen LogP contribution < -0.4 is 0 Å². The highest BCUT2D eigenvalue weighted by Gasteiger charge is 2.50. The molecule has 3 N–H and O–H groups in total. The van der Waals surface area contributed by atoms with E-state index in [2.05, 4.69) is 118 Å². The summed E-state index contributed by atoms with van der Waals surface area (Å²) in [6.07, 6.45) is 60.3. The van der Waals surface area contributed by atoms with E-state index in [-0.39, 0.29) is 19.3 Å². The standard InChI is InChI=1S/C65H100O12/c1-4-7-10-13-16-19-22-25-28-29-32-33-36-39-42-45-48-51-57(66)73-54-56(75-58(67)52-49-46-43-40-37-34-30-26-23-20-17-14-11-8-5-2)55-74-65-63(61(70)60(69)62(77-65)64(71)72)76-59(68)53-50-47-44-41-38-35-31-27-24-21-18-15-12-9-6-3/h7-8,10-11,16-17,19-20,25-28,30-33,37,39-40,42,46,49,56,60-63,65,69-70H,4-6,9,12-15,18,21-24,29,34-36,38,41,43-45,47-48,50-55H2,1-3H3,(H,71,72)/b10-7-,11-8-,19-16-,20-17-,28-25-,30-26-,31-27-,33-32-,40-37-,42-39-,49-46-. The molecule has 12 nitrogen and oxygen atoms in total. The Balaban J connectivity index is 2.80. The summed E-state index contributed by atoms with van der Waals surface area (Å²) in [5.74, 6) is -3.40. The first-order chi connectivity index (χ1) is 37.6. The summed E-state index contributed by atoms with van der Waals surface area (Å²) in [6, 6.07) is 0. The molecule has 6 unspecified atom stereocenters. The molecule has 0 saturated carbocycles. The highest BCUT2D eigenvalue weighted by atomic mass is 16.7. The number of esters is 3. The lowest BCUT2D eigenvalue weighted by Gasteiger charge is -2.40. The van der Waals surface area contributed by atoms with Gasteiger partial charge in [0.25, 0.3) is 0 Å². The Morgan fingerprint density at radius 1 is 0.455 bits per heavy atom. The van der Waals surface area contributed by atoms with E-state index in [0.29, 0.717) is 25.7 Å². The minimum Gasteiger partial charge on any atom is -0.479 e. The monoisotopic (exact) mass is 1070 g/mol. The molecule has 0 aromatic rings. The third-order valence-electron chi connectivity index (χ3n) is 12.2. The normalized spacial score (nSPS) is 19.0. The first-order valence-corrected chi connectivity index (χ1v) is 29.2. The summed E-state index contributed by atoms with van der Waals surface area (Å²) in [4.78, 5) is 51.0. The van der Waals surface area contributed by atoms with Gasteiger partial charge in [-0.15, -0.1) is 0 Å². The predicted octanol–water partition coefficient (Wildman–Crippen LogP) is 15.0. The lowest BCUT2D eigenvalue weighted by molar-refractivity contribution is -0.301. The second-order valence-electron chi connectivity index (χ2n) is 19.2. The highest BCUT2D eigenvalue weighted by molar-refractivity contribution is 5.74. The number of rotatable bonds is 47. The molecule has 0 radical (unpaired) electrons. The molecule has 1 saturated heterocycles. The number of carbonyl (C=O) groups is 4. The number of carboxylic acids is 1. The summed E-state index contributed by atoms with van der Waals surface area (Å²) in [5.41, 5.74) is 0. The van der Waals surface area contributed by atoms with E-state index in [1.54, 1.807) is 6.08 Å². The van der Waals surface area contributed by atoms with Crippen molar-refractivity contribution in [3.05, 3.63) is 134 Å². The smallest absolute Gasteiger partial charge is 0.335 e. The molecule has 0 aromatic carbocycles. The molecule has 0 amide bonds. The Kier molecular flexibility index (Phi) is 46.8. The summed E-state index contributed by atoms with van der Waals surface area (Å²) in [7, 11) is 0. The molecular formula is C65H100O12. The fraction of sp³-hybridized carbons (Fsp3) is 0.600. The summed E-state index contributed by atoms with van der Waals surface area (Å²) < 4.78 is 28.2. The van der Waals surface area contributed by atoms with Crippen molar-refractivity contribution in [2.45, 2.75) is 237 Å². The Labute approximate surface area is 464 Å². The van der Waals surface area contributed by atoms with E-state index in [1.807, 2.05) is 30.4 Å². The fourth-order valence-corrected chi connectivity index (χ4v) is 7.82. The van der Waals surface area contributed by atoms with Gasteiger partial charge in [-0.2, -0.15) is 0 Å². The number of ether oxygens (including phenoxy) is 5. The zero-order valence-corrected chi connectivity index (χ0v) is 47.4. The molecule has 0 spiro atoms. The summed E-state index contributed by atoms with van der Waals surface area (Å²) >= 11 is 0. The average Bonchev–Trinajstić information content (AvgIpc) is 3.42. The zero-order chi connectivity index (χ0) is 56.1. The van der Waals surface area contributed by atoms with Crippen LogP contribution in [0.25, 0.3) is 0 Å². The van der Waals surface area contributed by atoms with E-state index in [9.17, 15) is 34.5 Å². The molecule has 12 heteroatoms. The number of aliphatic hydroxyl groups excluding tert-OH is 2. The number of allylic oxidation sites excluding steroid dienone is 21. The van der Waals surface area contributed by atoms with Crippen LogP contribution >= 0.6 is 0 Å². The quantitative estimate of drug-likeness (QED) is 0.0228. The second-order valence-corrected chi connectivity index (χ2v) is 19.2. The third-order valence-corrected chi connectivity index (χ3v) is 12.2. The molecule has 1 rings (SSSR count). The van der Waals surface area contributed by atoms with Crippen LogP contribution in [0.5, 0.6) is 0 Å². The van der Waals surface area contributed by atoms with E-state index >= 15 is 0 Å². The number of unbranched alkanes of at least 4 members (excludes halogenated alkanes) is 12. The van der Waals surface area contributed by atoms with E-state index in [4.69, 9.17) is 23.7 Å². The van der Waals surface area contributed by atoms with Gasteiger partial charge in [0.15, 0.2) is 24.6 Å². The maximum atomic E-state index is 13.1. The summed E-state index contributed by atoms with van der Waals surface area (Å²) in [5, 5.41) is 31.5. The number of carbonyl (C=O) groups excluding carboxylic acids is 3. The number of aliphatic carboxylic acids is 1. The zero-order valence-electron chi connectivity index (χ0n) is 47.4. The molecule has 1 fully saturated rings. The molecular weight excluding hydrogens is 973 g/mol. The van der Waals surface area contributed by atoms with Crippen molar-refractivity contribution in [1.82, 2.24) is 0 Å². The van der Waals surface area contributed by atoms with Gasteiger partial charge >= 0.3 is 23.9 Å². The van der Waals surface area contributed by atoms with Gasteiger partial charge in [0, 0.05) is 12.8 Å². The van der Waals surface area contributed by atoms with Crippen LogP contribution in [0.3, 0.4) is 0 Å². The van der Waals surface area contributed by atoms with Crippen molar-refractivity contribution in [3.8, 4) is 0 Å². The molecule has 1 aliphatic heterocycles. The molecule has 432 valence electrons. The first-order valence-electron chi connectivity index (χ1n) is 29.2. The van der Waals surface area contributed by atoms with Gasteiger partial charge in [-0.1, -0.05) is 206 Å². The first kappa shape index (κ1) is 69.9. The number of carboxylic acid groups (broad SMARTS) is 1. The Bertz CT molecular complexity index is 1850. The van der Waals surface area contributed by atoms with Crippen molar-refractivity contribution >= 4 is 23.9 Å².